The van der Waals surface area contributed by atoms with E-state index in [2.05, 4.69) is 21.7 Å². The number of carbonyl (C=O) groups is 3. The van der Waals surface area contributed by atoms with E-state index < -0.39 is 23.0 Å². The van der Waals surface area contributed by atoms with Crippen LogP contribution in [-0.2, 0) is 27.2 Å². The zero-order chi connectivity index (χ0) is 22.7. The lowest BCUT2D eigenvalue weighted by molar-refractivity contribution is -0.129. The fourth-order valence-corrected chi connectivity index (χ4v) is 6.05. The molecule has 2 atom stereocenters. The van der Waals surface area contributed by atoms with E-state index in [0.29, 0.717) is 22.5 Å². The number of hydrogen-bond acceptors (Lipinski definition) is 6. The Bertz CT molecular complexity index is 1130. The normalized spacial score (nSPS) is 18.8. The third-order valence-electron chi connectivity index (χ3n) is 5.52. The maximum absolute atomic E-state index is 13.0. The number of anilines is 1. The molecule has 0 radical (unpaired) electrons. The number of rotatable bonds is 5. The third kappa shape index (κ3) is 4.47. The molecule has 2 aromatic rings. The lowest BCUT2D eigenvalue weighted by Gasteiger charge is -2.22. The molecule has 3 amide bonds. The van der Waals surface area contributed by atoms with E-state index in [0.717, 1.165) is 43.0 Å². The number of fused-ring (bicyclic) bond motifs is 1. The summed E-state index contributed by atoms with van der Waals surface area (Å²) >= 11 is 2.52. The lowest BCUT2D eigenvalue weighted by Crippen LogP contribution is -2.42. The standard InChI is InChI=1S/C23H22N4O3S2/c1-2-16(19(28)25-22-15(12-24)14-10-6-7-11-17(14)31-22)32-23-26-20(29)18(21(30)27-23)13-8-4-3-5-9-13/h3-5,8-9,16,18H,2,6-7,10-11H2,1H3,(H,25,28)(H,26,27,29,30)/t16-/m0/s1. The predicted octanol–water partition coefficient (Wildman–Crippen LogP) is 3.75. The molecule has 0 fully saturated rings. The van der Waals surface area contributed by atoms with Crippen molar-refractivity contribution in [3.05, 3.63) is 51.9 Å². The van der Waals surface area contributed by atoms with Crippen molar-refractivity contribution in [1.29, 1.82) is 5.26 Å². The summed E-state index contributed by atoms with van der Waals surface area (Å²) < 4.78 is 0. The van der Waals surface area contributed by atoms with Gasteiger partial charge in [0, 0.05) is 4.88 Å². The molecular weight excluding hydrogens is 444 g/mol. The highest BCUT2D eigenvalue weighted by molar-refractivity contribution is 8.15. The van der Waals surface area contributed by atoms with Gasteiger partial charge in [0.1, 0.15) is 17.0 Å². The van der Waals surface area contributed by atoms with Gasteiger partial charge in [-0.15, -0.1) is 11.3 Å². The largest absolute Gasteiger partial charge is 0.316 e. The van der Waals surface area contributed by atoms with Crippen LogP contribution < -0.4 is 10.6 Å². The molecule has 2 N–H and O–H groups in total. The number of amides is 3. The van der Waals surface area contributed by atoms with Gasteiger partial charge in [-0.2, -0.15) is 10.3 Å². The second-order valence-electron chi connectivity index (χ2n) is 7.62. The summed E-state index contributed by atoms with van der Waals surface area (Å²) in [6, 6.07) is 11.0. The number of thiophene rings is 1. The molecular formula is C23H22N4O3S2. The van der Waals surface area contributed by atoms with Crippen LogP contribution in [0.3, 0.4) is 0 Å². The Balaban J connectivity index is 1.48. The summed E-state index contributed by atoms with van der Waals surface area (Å²) in [5, 5.41) is 15.3. The van der Waals surface area contributed by atoms with Crippen molar-refractivity contribution >= 4 is 51.0 Å². The summed E-state index contributed by atoms with van der Waals surface area (Å²) in [7, 11) is 0. The summed E-state index contributed by atoms with van der Waals surface area (Å²) in [6.07, 6.45) is 4.41. The summed E-state index contributed by atoms with van der Waals surface area (Å²) in [6.45, 7) is 1.85. The maximum Gasteiger partial charge on any atom is 0.265 e. The molecule has 2 heterocycles. The molecule has 1 aromatic carbocycles. The maximum atomic E-state index is 13.0. The highest BCUT2D eigenvalue weighted by Crippen LogP contribution is 2.38. The Morgan fingerprint density at radius 2 is 2.06 bits per heavy atom. The molecule has 0 unspecified atom stereocenters. The number of nitrogens with zero attached hydrogens (tertiary/aromatic N) is 2. The van der Waals surface area contributed by atoms with E-state index in [1.807, 2.05) is 13.0 Å². The number of benzene rings is 1. The Morgan fingerprint density at radius 3 is 2.75 bits per heavy atom. The highest BCUT2D eigenvalue weighted by Gasteiger charge is 2.35. The molecule has 2 aliphatic rings. The molecule has 1 aromatic heterocycles. The van der Waals surface area contributed by atoms with Gasteiger partial charge in [-0.05, 0) is 43.2 Å². The molecule has 7 nitrogen and oxygen atoms in total. The average Bonchev–Trinajstić information content (AvgIpc) is 3.14. The topological polar surface area (TPSA) is 111 Å². The second kappa shape index (κ2) is 9.67. The van der Waals surface area contributed by atoms with Crippen LogP contribution in [0.15, 0.2) is 35.3 Å². The first-order valence-electron chi connectivity index (χ1n) is 10.5. The van der Waals surface area contributed by atoms with Gasteiger partial charge in [-0.3, -0.25) is 14.4 Å². The van der Waals surface area contributed by atoms with Crippen molar-refractivity contribution in [2.45, 2.75) is 50.2 Å². The molecule has 1 aliphatic heterocycles. The molecule has 0 saturated carbocycles. The highest BCUT2D eigenvalue weighted by atomic mass is 32.2. The van der Waals surface area contributed by atoms with Gasteiger partial charge in [-0.25, -0.2) is 0 Å². The van der Waals surface area contributed by atoms with Gasteiger partial charge < -0.3 is 10.6 Å². The predicted molar refractivity (Wildman–Crippen MR) is 126 cm³/mol. The zero-order valence-corrected chi connectivity index (χ0v) is 19.1. The van der Waals surface area contributed by atoms with E-state index in [9.17, 15) is 19.6 Å². The Labute approximate surface area is 194 Å². The van der Waals surface area contributed by atoms with Gasteiger partial charge in [0.05, 0.1) is 10.8 Å². The average molecular weight is 467 g/mol. The number of aliphatic imine (C=N–C) groups is 1. The van der Waals surface area contributed by atoms with Crippen LogP contribution >= 0.6 is 23.1 Å². The number of aryl methyl sites for hydroxylation is 1. The van der Waals surface area contributed by atoms with Crippen molar-refractivity contribution < 1.29 is 14.4 Å². The van der Waals surface area contributed by atoms with Crippen LogP contribution in [0, 0.1) is 11.3 Å². The fraction of sp³-hybridized carbons (Fsp3) is 0.348. The second-order valence-corrected chi connectivity index (χ2v) is 9.92. The van der Waals surface area contributed by atoms with Crippen molar-refractivity contribution in [3.63, 3.8) is 0 Å². The molecule has 0 spiro atoms. The third-order valence-corrected chi connectivity index (χ3v) is 7.98. The zero-order valence-electron chi connectivity index (χ0n) is 17.5. The Kier molecular flexibility index (Phi) is 6.72. The van der Waals surface area contributed by atoms with Crippen LogP contribution in [0.1, 0.15) is 53.7 Å². The lowest BCUT2D eigenvalue weighted by atomic mass is 9.96. The van der Waals surface area contributed by atoms with Crippen molar-refractivity contribution in [3.8, 4) is 6.07 Å². The summed E-state index contributed by atoms with van der Waals surface area (Å²) in [5.74, 6) is -2.26. The number of carbonyl (C=O) groups excluding carboxylic acids is 3. The molecule has 4 rings (SSSR count). The van der Waals surface area contributed by atoms with Gasteiger partial charge in [0.25, 0.3) is 5.91 Å². The first-order chi connectivity index (χ1) is 15.5. The summed E-state index contributed by atoms with van der Waals surface area (Å²) in [4.78, 5) is 43.3. The minimum atomic E-state index is -0.981. The van der Waals surface area contributed by atoms with Gasteiger partial charge in [-0.1, -0.05) is 49.0 Å². The first-order valence-corrected chi connectivity index (χ1v) is 12.2. The van der Waals surface area contributed by atoms with Crippen molar-refractivity contribution in [2.75, 3.05) is 5.32 Å². The van der Waals surface area contributed by atoms with Crippen LogP contribution in [0.25, 0.3) is 0 Å². The van der Waals surface area contributed by atoms with Crippen LogP contribution in [0.4, 0.5) is 5.00 Å². The number of nitrogens with one attached hydrogen (secondary N) is 2. The number of thioether (sulfide) groups is 1. The van der Waals surface area contributed by atoms with E-state index in [-0.39, 0.29) is 11.1 Å². The number of hydrogen-bond donors (Lipinski definition) is 2. The van der Waals surface area contributed by atoms with Crippen molar-refractivity contribution in [1.82, 2.24) is 5.32 Å². The number of amidine groups is 1. The molecule has 164 valence electrons. The van der Waals surface area contributed by atoms with Crippen LogP contribution in [-0.4, -0.2) is 28.1 Å². The fourth-order valence-electron chi connectivity index (χ4n) is 3.90. The number of nitriles is 1. The molecule has 9 heteroatoms. The van der Waals surface area contributed by atoms with E-state index in [1.165, 1.54) is 16.2 Å². The quantitative estimate of drug-likeness (QED) is 0.652. The van der Waals surface area contributed by atoms with E-state index >= 15 is 0 Å². The first kappa shape index (κ1) is 22.2. The van der Waals surface area contributed by atoms with Gasteiger partial charge >= 0.3 is 0 Å². The van der Waals surface area contributed by atoms with Gasteiger partial charge in [0.15, 0.2) is 5.17 Å². The molecule has 0 saturated heterocycles. The minimum absolute atomic E-state index is 0.125. The Morgan fingerprint density at radius 1 is 1.31 bits per heavy atom. The van der Waals surface area contributed by atoms with Gasteiger partial charge in [0.2, 0.25) is 11.8 Å². The molecule has 0 bridgehead atoms. The summed E-state index contributed by atoms with van der Waals surface area (Å²) in [5.41, 5.74) is 2.20. The minimum Gasteiger partial charge on any atom is -0.316 e. The SMILES string of the molecule is CC[C@H](SC1=NC(=O)[C@@H](c2ccccc2)C(=O)N1)C(=O)Nc1sc2c(c1C#N)CCCC2. The Hall–Kier alpha value is -2.96. The smallest absolute Gasteiger partial charge is 0.265 e. The van der Waals surface area contributed by atoms with E-state index in [1.54, 1.807) is 24.3 Å². The molecule has 1 aliphatic carbocycles. The van der Waals surface area contributed by atoms with Crippen LogP contribution in [0.5, 0.6) is 0 Å². The monoisotopic (exact) mass is 466 g/mol. The molecule has 32 heavy (non-hydrogen) atoms. The van der Waals surface area contributed by atoms with E-state index in [4.69, 9.17) is 0 Å². The van der Waals surface area contributed by atoms with Crippen LogP contribution in [0.2, 0.25) is 0 Å². The van der Waals surface area contributed by atoms with Crippen molar-refractivity contribution in [2.24, 2.45) is 4.99 Å².